The van der Waals surface area contributed by atoms with Gasteiger partial charge in [-0.15, -0.1) is 0 Å². The summed E-state index contributed by atoms with van der Waals surface area (Å²) in [6.45, 7) is 4.39. The Labute approximate surface area is 150 Å². The third-order valence-corrected chi connectivity index (χ3v) is 4.95. The average Bonchev–Trinajstić information content (AvgIpc) is 2.92. The summed E-state index contributed by atoms with van der Waals surface area (Å²) in [4.78, 5) is 26.6. The molecule has 124 valence electrons. The molecule has 1 saturated heterocycles. The molecule has 2 aromatic carbocycles. The molecule has 0 aromatic heterocycles. The number of aryl methyl sites for hydroxylation is 2. The predicted molar refractivity (Wildman–Crippen MR) is 99.1 cm³/mol. The van der Waals surface area contributed by atoms with Gasteiger partial charge in [0.05, 0.1) is 11.6 Å². The van der Waals surface area contributed by atoms with E-state index in [-0.39, 0.29) is 24.2 Å². The van der Waals surface area contributed by atoms with E-state index >= 15 is 0 Å². The number of para-hydroxylation sites is 1. The lowest BCUT2D eigenvalue weighted by Gasteiger charge is -2.18. The molecule has 3 rings (SSSR count). The van der Waals surface area contributed by atoms with E-state index < -0.39 is 0 Å². The third-order valence-electron chi connectivity index (χ3n) is 4.28. The zero-order valence-corrected chi connectivity index (χ0v) is 15.3. The molecule has 0 saturated carbocycles. The van der Waals surface area contributed by atoms with Crippen molar-refractivity contribution in [2.45, 2.75) is 20.3 Å². The summed E-state index contributed by atoms with van der Waals surface area (Å²) < 4.78 is 0.855. The van der Waals surface area contributed by atoms with E-state index in [1.165, 1.54) is 0 Å². The van der Waals surface area contributed by atoms with Crippen molar-refractivity contribution in [3.05, 3.63) is 58.1 Å². The first-order chi connectivity index (χ1) is 11.5. The van der Waals surface area contributed by atoms with Crippen LogP contribution in [0.1, 0.15) is 17.5 Å². The quantitative estimate of drug-likeness (QED) is 0.864. The van der Waals surface area contributed by atoms with Gasteiger partial charge >= 0.3 is 0 Å². The normalized spacial score (nSPS) is 17.2. The predicted octanol–water partition coefficient (Wildman–Crippen LogP) is 4.06. The summed E-state index contributed by atoms with van der Waals surface area (Å²) in [7, 11) is 0. The number of nitrogens with zero attached hydrogens (tertiary/aromatic N) is 1. The fourth-order valence-electron chi connectivity index (χ4n) is 2.98. The largest absolute Gasteiger partial charge is 0.326 e. The van der Waals surface area contributed by atoms with Gasteiger partial charge in [-0.25, -0.2) is 0 Å². The number of carbonyl (C=O) groups is 2. The zero-order chi connectivity index (χ0) is 17.3. The van der Waals surface area contributed by atoms with Gasteiger partial charge in [-0.1, -0.05) is 29.8 Å². The van der Waals surface area contributed by atoms with Crippen LogP contribution in [-0.2, 0) is 9.59 Å². The molecule has 1 aliphatic heterocycles. The number of anilines is 2. The number of nitrogens with one attached hydrogen (secondary N) is 1. The van der Waals surface area contributed by atoms with Crippen molar-refractivity contribution < 1.29 is 9.59 Å². The van der Waals surface area contributed by atoms with Gasteiger partial charge in [0.1, 0.15) is 0 Å². The van der Waals surface area contributed by atoms with Gasteiger partial charge < -0.3 is 10.2 Å². The molecule has 1 unspecified atom stereocenters. The average molecular weight is 387 g/mol. The summed E-state index contributed by atoms with van der Waals surface area (Å²) in [5, 5.41) is 2.96. The lowest BCUT2D eigenvalue weighted by Crippen LogP contribution is -2.28. The van der Waals surface area contributed by atoms with Gasteiger partial charge in [-0.2, -0.15) is 0 Å². The van der Waals surface area contributed by atoms with Crippen molar-refractivity contribution in [3.63, 3.8) is 0 Å². The van der Waals surface area contributed by atoms with Gasteiger partial charge in [0.25, 0.3) is 0 Å². The molecule has 0 spiro atoms. The highest BCUT2D eigenvalue weighted by Gasteiger charge is 2.35. The monoisotopic (exact) mass is 386 g/mol. The first-order valence-corrected chi connectivity index (χ1v) is 8.68. The van der Waals surface area contributed by atoms with Crippen molar-refractivity contribution in [1.82, 2.24) is 0 Å². The summed E-state index contributed by atoms with van der Waals surface area (Å²) in [6.07, 6.45) is 0.234. The van der Waals surface area contributed by atoms with Crippen molar-refractivity contribution >= 4 is 39.1 Å². The van der Waals surface area contributed by atoms with Crippen molar-refractivity contribution in [2.75, 3.05) is 16.8 Å². The maximum atomic E-state index is 12.6. The summed E-state index contributed by atoms with van der Waals surface area (Å²) >= 11 is 3.47. The summed E-state index contributed by atoms with van der Waals surface area (Å²) in [6, 6.07) is 13.5. The molecule has 0 aliphatic carbocycles. The fraction of sp³-hybridized carbons (Fsp3) is 0.263. The summed E-state index contributed by atoms with van der Waals surface area (Å²) in [5.74, 6) is -0.474. The SMILES string of the molecule is Cc1ccc(NC(=O)C2CC(=O)N(c3ccccc3Br)C2)c(C)c1. The van der Waals surface area contributed by atoms with Crippen molar-refractivity contribution in [3.8, 4) is 0 Å². The molecule has 1 heterocycles. The second kappa shape index (κ2) is 6.77. The lowest BCUT2D eigenvalue weighted by molar-refractivity contribution is -0.122. The van der Waals surface area contributed by atoms with Crippen LogP contribution in [0.5, 0.6) is 0 Å². The van der Waals surface area contributed by atoms with E-state index in [2.05, 4.69) is 21.2 Å². The molecule has 5 heteroatoms. The van der Waals surface area contributed by atoms with Crippen LogP contribution >= 0.6 is 15.9 Å². The molecular weight excluding hydrogens is 368 g/mol. The van der Waals surface area contributed by atoms with Crippen LogP contribution in [0.3, 0.4) is 0 Å². The Morgan fingerprint density at radius 1 is 1.21 bits per heavy atom. The number of carbonyl (C=O) groups excluding carboxylic acids is 2. The Hall–Kier alpha value is -2.14. The van der Waals surface area contributed by atoms with Gasteiger partial charge in [0, 0.05) is 23.1 Å². The maximum absolute atomic E-state index is 12.6. The van der Waals surface area contributed by atoms with Crippen molar-refractivity contribution in [2.24, 2.45) is 5.92 Å². The Bertz CT molecular complexity index is 804. The number of benzene rings is 2. The minimum Gasteiger partial charge on any atom is -0.326 e. The Kier molecular flexibility index (Phi) is 4.71. The molecule has 1 aliphatic rings. The van der Waals surface area contributed by atoms with Crippen LogP contribution < -0.4 is 10.2 Å². The number of amides is 2. The van der Waals surface area contributed by atoms with Gasteiger partial charge in [-0.05, 0) is 53.5 Å². The molecule has 1 N–H and O–H groups in total. The highest BCUT2D eigenvalue weighted by Crippen LogP contribution is 2.31. The van der Waals surface area contributed by atoms with E-state index in [1.54, 1.807) is 4.90 Å². The first kappa shape index (κ1) is 16.7. The summed E-state index contributed by atoms with van der Waals surface area (Å²) in [5.41, 5.74) is 3.79. The molecule has 0 radical (unpaired) electrons. The van der Waals surface area contributed by atoms with Gasteiger partial charge in [0.2, 0.25) is 11.8 Å². The Balaban J connectivity index is 1.73. The van der Waals surface area contributed by atoms with E-state index in [4.69, 9.17) is 0 Å². The third kappa shape index (κ3) is 3.36. The fourth-order valence-corrected chi connectivity index (χ4v) is 3.47. The first-order valence-electron chi connectivity index (χ1n) is 7.88. The van der Waals surface area contributed by atoms with Crippen LogP contribution in [0.15, 0.2) is 46.9 Å². The molecule has 1 atom stereocenters. The molecule has 1 fully saturated rings. The number of hydrogen-bond donors (Lipinski definition) is 1. The maximum Gasteiger partial charge on any atom is 0.229 e. The number of hydrogen-bond acceptors (Lipinski definition) is 2. The van der Waals surface area contributed by atoms with E-state index in [1.807, 2.05) is 56.3 Å². The zero-order valence-electron chi connectivity index (χ0n) is 13.7. The molecule has 24 heavy (non-hydrogen) atoms. The molecule has 2 amide bonds. The van der Waals surface area contributed by atoms with E-state index in [0.29, 0.717) is 6.54 Å². The number of rotatable bonds is 3. The van der Waals surface area contributed by atoms with E-state index in [0.717, 1.165) is 27.0 Å². The standard InChI is InChI=1S/C19H19BrN2O2/c1-12-7-8-16(13(2)9-12)21-19(24)14-10-18(23)22(11-14)17-6-4-3-5-15(17)20/h3-9,14H,10-11H2,1-2H3,(H,21,24). The Morgan fingerprint density at radius 3 is 2.67 bits per heavy atom. The highest BCUT2D eigenvalue weighted by molar-refractivity contribution is 9.10. The molecular formula is C19H19BrN2O2. The molecule has 0 bridgehead atoms. The van der Waals surface area contributed by atoms with E-state index in [9.17, 15) is 9.59 Å². The lowest BCUT2D eigenvalue weighted by atomic mass is 10.1. The van der Waals surface area contributed by atoms with Crippen LogP contribution in [0.25, 0.3) is 0 Å². The smallest absolute Gasteiger partial charge is 0.229 e. The molecule has 2 aromatic rings. The molecule has 4 nitrogen and oxygen atoms in total. The van der Waals surface area contributed by atoms with Gasteiger partial charge in [0.15, 0.2) is 0 Å². The van der Waals surface area contributed by atoms with Crippen LogP contribution in [0.4, 0.5) is 11.4 Å². The second-order valence-corrected chi connectivity index (χ2v) is 7.02. The van der Waals surface area contributed by atoms with Crippen LogP contribution in [0.2, 0.25) is 0 Å². The minimum absolute atomic E-state index is 0.0253. The Morgan fingerprint density at radius 2 is 1.96 bits per heavy atom. The highest BCUT2D eigenvalue weighted by atomic mass is 79.9. The van der Waals surface area contributed by atoms with Gasteiger partial charge in [-0.3, -0.25) is 9.59 Å². The second-order valence-electron chi connectivity index (χ2n) is 6.16. The number of halogens is 1. The van der Waals surface area contributed by atoms with Crippen molar-refractivity contribution in [1.29, 1.82) is 0 Å². The topological polar surface area (TPSA) is 49.4 Å². The van der Waals surface area contributed by atoms with Crippen LogP contribution in [-0.4, -0.2) is 18.4 Å². The minimum atomic E-state index is -0.342. The van der Waals surface area contributed by atoms with Crippen LogP contribution in [0, 0.1) is 19.8 Å².